The number of hydrogen-bond donors (Lipinski definition) is 1. The highest BCUT2D eigenvalue weighted by atomic mass is 32.2. The van der Waals surface area contributed by atoms with Gasteiger partial charge in [-0.15, -0.1) is 0 Å². The minimum atomic E-state index is -3.09. The van der Waals surface area contributed by atoms with Crippen molar-refractivity contribution >= 4 is 15.9 Å². The zero-order valence-corrected chi connectivity index (χ0v) is 15.2. The molecule has 0 unspecified atom stereocenters. The third kappa shape index (κ3) is 3.29. The molecule has 0 saturated carbocycles. The van der Waals surface area contributed by atoms with Crippen LogP contribution in [-0.2, 0) is 16.3 Å². The molecule has 5 nitrogen and oxygen atoms in total. The van der Waals surface area contributed by atoms with Gasteiger partial charge in [0.05, 0.1) is 17.0 Å². The Morgan fingerprint density at radius 3 is 2.75 bits per heavy atom. The molecular formula is C18H26N2O3S. The van der Waals surface area contributed by atoms with Crippen molar-refractivity contribution in [1.29, 1.82) is 0 Å². The van der Waals surface area contributed by atoms with Gasteiger partial charge in [-0.1, -0.05) is 30.7 Å². The Labute approximate surface area is 144 Å². The molecule has 1 heterocycles. The van der Waals surface area contributed by atoms with Crippen molar-refractivity contribution in [3.63, 3.8) is 0 Å². The molecule has 1 aromatic rings. The molecule has 0 bridgehead atoms. The van der Waals surface area contributed by atoms with E-state index in [1.165, 1.54) is 11.1 Å². The number of carbonyl (C=O) groups is 1. The highest BCUT2D eigenvalue weighted by Gasteiger charge is 2.38. The molecule has 3 atom stereocenters. The predicted molar refractivity (Wildman–Crippen MR) is 94.7 cm³/mol. The summed E-state index contributed by atoms with van der Waals surface area (Å²) in [6.45, 7) is 3.79. The summed E-state index contributed by atoms with van der Waals surface area (Å²) in [5.41, 5.74) is 2.51. The number of nitrogens with zero attached hydrogens (tertiary/aromatic N) is 1. The van der Waals surface area contributed by atoms with Gasteiger partial charge >= 0.3 is 6.03 Å². The molecule has 24 heavy (non-hydrogen) atoms. The van der Waals surface area contributed by atoms with Crippen LogP contribution in [0.25, 0.3) is 0 Å². The zero-order valence-electron chi connectivity index (χ0n) is 14.4. The quantitative estimate of drug-likeness (QED) is 0.792. The van der Waals surface area contributed by atoms with Crippen LogP contribution in [0.1, 0.15) is 50.3 Å². The van der Waals surface area contributed by atoms with E-state index in [0.717, 1.165) is 25.7 Å². The molecule has 1 N–H and O–H groups in total. The molecule has 1 aliphatic carbocycles. The standard InChI is InChI=1S/C18H26N2O3S/c1-13-14(2)24(22,23)12-11-20(13)18(21)19-17-10-6-4-8-15-7-3-5-9-16(15)17/h3,5,7,9,13-14,17H,4,6,8,10-12H2,1-2H3,(H,19,21)/t13-,14-,17+/m1/s1. The second-order valence-corrected chi connectivity index (χ2v) is 9.43. The number of rotatable bonds is 1. The Bertz CT molecular complexity index is 717. The number of aryl methyl sites for hydroxylation is 1. The van der Waals surface area contributed by atoms with Crippen molar-refractivity contribution in [2.24, 2.45) is 0 Å². The average Bonchev–Trinajstić information content (AvgIpc) is 2.75. The number of fused-ring (bicyclic) bond motifs is 1. The van der Waals surface area contributed by atoms with E-state index in [9.17, 15) is 13.2 Å². The Hall–Kier alpha value is -1.56. The lowest BCUT2D eigenvalue weighted by Gasteiger charge is -2.38. The first-order chi connectivity index (χ1) is 11.4. The maximum Gasteiger partial charge on any atom is 0.318 e. The van der Waals surface area contributed by atoms with Crippen molar-refractivity contribution in [3.8, 4) is 0 Å². The van der Waals surface area contributed by atoms with Gasteiger partial charge in [-0.3, -0.25) is 0 Å². The van der Waals surface area contributed by atoms with E-state index in [4.69, 9.17) is 0 Å². The summed E-state index contributed by atoms with van der Waals surface area (Å²) >= 11 is 0. The van der Waals surface area contributed by atoms with Crippen LogP contribution in [0.5, 0.6) is 0 Å². The number of carbonyl (C=O) groups excluding carboxylic acids is 1. The van der Waals surface area contributed by atoms with Gasteiger partial charge in [0.2, 0.25) is 0 Å². The summed E-state index contributed by atoms with van der Waals surface area (Å²) in [5.74, 6) is 0.0488. The molecule has 0 aromatic heterocycles. The van der Waals surface area contributed by atoms with E-state index >= 15 is 0 Å². The van der Waals surface area contributed by atoms with Gasteiger partial charge in [0.15, 0.2) is 9.84 Å². The molecule has 1 saturated heterocycles. The van der Waals surface area contributed by atoms with E-state index in [2.05, 4.69) is 17.4 Å². The normalized spacial score (nSPS) is 29.4. The fourth-order valence-corrected chi connectivity index (χ4v) is 5.33. The number of hydrogen-bond acceptors (Lipinski definition) is 3. The molecule has 132 valence electrons. The van der Waals surface area contributed by atoms with Crippen LogP contribution in [0.4, 0.5) is 4.79 Å². The second kappa shape index (κ2) is 6.75. The molecular weight excluding hydrogens is 324 g/mol. The Morgan fingerprint density at radius 1 is 1.21 bits per heavy atom. The van der Waals surface area contributed by atoms with E-state index in [-0.39, 0.29) is 30.4 Å². The third-order valence-electron chi connectivity index (χ3n) is 5.53. The summed E-state index contributed by atoms with van der Waals surface area (Å²) in [6.07, 6.45) is 4.20. The van der Waals surface area contributed by atoms with E-state index in [1.807, 2.05) is 19.1 Å². The second-order valence-electron chi connectivity index (χ2n) is 6.95. The Kier molecular flexibility index (Phi) is 4.85. The van der Waals surface area contributed by atoms with Crippen LogP contribution < -0.4 is 5.32 Å². The van der Waals surface area contributed by atoms with Crippen molar-refractivity contribution < 1.29 is 13.2 Å². The molecule has 2 amide bonds. The molecule has 0 radical (unpaired) electrons. The molecule has 6 heteroatoms. The lowest BCUT2D eigenvalue weighted by molar-refractivity contribution is 0.173. The highest BCUT2D eigenvalue weighted by Crippen LogP contribution is 2.29. The summed E-state index contributed by atoms with van der Waals surface area (Å²) in [5, 5.41) is 2.64. The number of amides is 2. The van der Waals surface area contributed by atoms with Crippen molar-refractivity contribution in [1.82, 2.24) is 10.2 Å². The molecule has 1 aliphatic heterocycles. The lowest BCUT2D eigenvalue weighted by Crippen LogP contribution is -2.57. The number of nitrogens with one attached hydrogen (secondary N) is 1. The summed E-state index contributed by atoms with van der Waals surface area (Å²) in [4.78, 5) is 14.5. The van der Waals surface area contributed by atoms with Crippen LogP contribution in [0.15, 0.2) is 24.3 Å². The van der Waals surface area contributed by atoms with Crippen molar-refractivity contribution in [3.05, 3.63) is 35.4 Å². The topological polar surface area (TPSA) is 66.5 Å². The van der Waals surface area contributed by atoms with Gasteiger partial charge in [0, 0.05) is 12.6 Å². The summed E-state index contributed by atoms with van der Waals surface area (Å²) in [6, 6.07) is 7.85. The SMILES string of the molecule is C[C@@H]1[C@@H](C)S(=O)(=O)CCN1C(=O)N[C@H]1CCCCc2ccccc21. The van der Waals surface area contributed by atoms with Gasteiger partial charge in [0.1, 0.15) is 0 Å². The predicted octanol–water partition coefficient (Wildman–Crippen LogP) is 2.67. The monoisotopic (exact) mass is 350 g/mol. The van der Waals surface area contributed by atoms with Crippen molar-refractivity contribution in [2.75, 3.05) is 12.3 Å². The lowest BCUT2D eigenvalue weighted by atomic mass is 9.99. The van der Waals surface area contributed by atoms with Gasteiger partial charge in [-0.05, 0) is 44.2 Å². The molecule has 3 rings (SSSR count). The van der Waals surface area contributed by atoms with Crippen LogP contribution in [0.2, 0.25) is 0 Å². The largest absolute Gasteiger partial charge is 0.331 e. The van der Waals surface area contributed by atoms with Crippen LogP contribution >= 0.6 is 0 Å². The van der Waals surface area contributed by atoms with Gasteiger partial charge in [0.25, 0.3) is 0 Å². The smallest absolute Gasteiger partial charge is 0.318 e. The average molecular weight is 350 g/mol. The van der Waals surface area contributed by atoms with Crippen molar-refractivity contribution in [2.45, 2.75) is 56.9 Å². The first kappa shape index (κ1) is 17.3. The summed E-state index contributed by atoms with van der Waals surface area (Å²) < 4.78 is 24.0. The molecule has 2 aliphatic rings. The molecule has 0 spiro atoms. The van der Waals surface area contributed by atoms with E-state index < -0.39 is 15.1 Å². The molecule has 1 aromatic carbocycles. The minimum absolute atomic E-state index is 0.0113. The number of urea groups is 1. The Balaban J connectivity index is 1.76. The third-order valence-corrected chi connectivity index (χ3v) is 7.81. The van der Waals surface area contributed by atoms with E-state index in [1.54, 1.807) is 11.8 Å². The van der Waals surface area contributed by atoms with Crippen LogP contribution in [0.3, 0.4) is 0 Å². The van der Waals surface area contributed by atoms with Gasteiger partial charge < -0.3 is 10.2 Å². The van der Waals surface area contributed by atoms with Crippen LogP contribution in [-0.4, -0.2) is 42.9 Å². The van der Waals surface area contributed by atoms with Gasteiger partial charge in [-0.25, -0.2) is 13.2 Å². The summed E-state index contributed by atoms with van der Waals surface area (Å²) in [7, 11) is -3.09. The van der Waals surface area contributed by atoms with Crippen LogP contribution in [0, 0.1) is 0 Å². The fraction of sp³-hybridized carbons (Fsp3) is 0.611. The first-order valence-electron chi connectivity index (χ1n) is 8.76. The zero-order chi connectivity index (χ0) is 17.3. The number of benzene rings is 1. The Morgan fingerprint density at radius 2 is 1.96 bits per heavy atom. The first-order valence-corrected chi connectivity index (χ1v) is 10.5. The van der Waals surface area contributed by atoms with E-state index in [0.29, 0.717) is 0 Å². The highest BCUT2D eigenvalue weighted by molar-refractivity contribution is 7.92. The number of sulfone groups is 1. The molecule has 1 fully saturated rings. The maximum atomic E-state index is 12.8. The van der Waals surface area contributed by atoms with Gasteiger partial charge in [-0.2, -0.15) is 0 Å². The maximum absolute atomic E-state index is 12.8. The minimum Gasteiger partial charge on any atom is -0.331 e. The fourth-order valence-electron chi connectivity index (χ4n) is 3.76.